The standard InChI is InChI=1S/C64H46N2Si/c1-4-20-53(21-5-1)67(54-22-6-2-7-23-54,55-24-8-3-9-25-55)56-26-16-19-51(44-56)65-61-29-14-12-27-57(61)59-42-49(36-39-63(59)65)46-31-33-47(34-32-46)50-37-40-64-60(43-50)58-28-13-15-30-62(58)66(64)52-38-35-45-17-10-11-18-48(45)41-52/h1-24,26-44,55H,25H2. The van der Waals surface area contributed by atoms with Crippen LogP contribution in [0, 0.1) is 0 Å². The number of fused-ring (bicyclic) bond motifs is 7. The van der Waals surface area contributed by atoms with Crippen LogP contribution < -0.4 is 15.6 Å². The first kappa shape index (κ1) is 39.1. The first-order chi connectivity index (χ1) is 33.2. The zero-order valence-corrected chi connectivity index (χ0v) is 38.0. The molecule has 0 saturated carbocycles. The van der Waals surface area contributed by atoms with E-state index in [9.17, 15) is 0 Å². The minimum Gasteiger partial charge on any atom is -0.309 e. The lowest BCUT2D eigenvalue weighted by Gasteiger charge is -2.40. The molecular formula is C64H46N2Si. The topological polar surface area (TPSA) is 9.86 Å². The molecule has 13 rings (SSSR count). The molecule has 2 heterocycles. The Hall–Kier alpha value is -8.24. The van der Waals surface area contributed by atoms with E-state index in [4.69, 9.17) is 0 Å². The molecule has 316 valence electrons. The smallest absolute Gasteiger partial charge is 0.155 e. The van der Waals surface area contributed by atoms with Crippen LogP contribution in [0.1, 0.15) is 6.42 Å². The summed E-state index contributed by atoms with van der Waals surface area (Å²) in [6.07, 6.45) is 10.3. The average molecular weight is 871 g/mol. The molecule has 0 amide bonds. The lowest BCUT2D eigenvalue weighted by molar-refractivity contribution is 0.997. The molecule has 1 atom stereocenters. The van der Waals surface area contributed by atoms with E-state index in [0.717, 1.165) is 6.42 Å². The largest absolute Gasteiger partial charge is 0.309 e. The number of hydrogen-bond acceptors (Lipinski definition) is 0. The Morgan fingerprint density at radius 1 is 0.328 bits per heavy atom. The van der Waals surface area contributed by atoms with Crippen molar-refractivity contribution in [1.29, 1.82) is 0 Å². The maximum absolute atomic E-state index is 2.58. The summed E-state index contributed by atoms with van der Waals surface area (Å²) in [5.74, 6) is 0. The zero-order valence-electron chi connectivity index (χ0n) is 37.0. The van der Waals surface area contributed by atoms with Crippen molar-refractivity contribution >= 4 is 78.0 Å². The number of aromatic nitrogens is 2. The Morgan fingerprint density at radius 2 is 0.821 bits per heavy atom. The van der Waals surface area contributed by atoms with E-state index in [2.05, 4.69) is 270 Å². The summed E-state index contributed by atoms with van der Waals surface area (Å²) < 4.78 is 4.89. The van der Waals surface area contributed by atoms with Gasteiger partial charge in [0.25, 0.3) is 0 Å². The fourth-order valence-corrected chi connectivity index (χ4v) is 16.7. The summed E-state index contributed by atoms with van der Waals surface area (Å²) in [5.41, 5.74) is 12.4. The number of allylic oxidation sites excluding steroid dienone is 4. The van der Waals surface area contributed by atoms with Crippen molar-refractivity contribution < 1.29 is 0 Å². The number of benzene rings is 10. The van der Waals surface area contributed by atoms with Crippen LogP contribution in [0.4, 0.5) is 0 Å². The van der Waals surface area contributed by atoms with Gasteiger partial charge in [-0.1, -0.05) is 200 Å². The maximum atomic E-state index is 2.51. The van der Waals surface area contributed by atoms with Gasteiger partial charge >= 0.3 is 0 Å². The monoisotopic (exact) mass is 870 g/mol. The number of rotatable bonds is 8. The number of para-hydroxylation sites is 2. The molecule has 0 radical (unpaired) electrons. The van der Waals surface area contributed by atoms with Gasteiger partial charge < -0.3 is 9.13 Å². The summed E-state index contributed by atoms with van der Waals surface area (Å²) in [7, 11) is -2.58. The maximum Gasteiger partial charge on any atom is 0.155 e. The van der Waals surface area contributed by atoms with Crippen LogP contribution in [0.25, 0.3) is 88.0 Å². The highest BCUT2D eigenvalue weighted by Crippen LogP contribution is 2.39. The second kappa shape index (κ2) is 16.0. The predicted octanol–water partition coefficient (Wildman–Crippen LogP) is 14.7. The van der Waals surface area contributed by atoms with Crippen molar-refractivity contribution in [3.05, 3.63) is 261 Å². The fourth-order valence-electron chi connectivity index (χ4n) is 11.4. The van der Waals surface area contributed by atoms with E-state index in [-0.39, 0.29) is 0 Å². The van der Waals surface area contributed by atoms with Crippen LogP contribution in [0.15, 0.2) is 261 Å². The second-order valence-electron chi connectivity index (χ2n) is 18.0. The van der Waals surface area contributed by atoms with E-state index < -0.39 is 8.07 Å². The summed E-state index contributed by atoms with van der Waals surface area (Å²) in [6, 6.07) is 88.3. The van der Waals surface area contributed by atoms with Crippen LogP contribution in [-0.2, 0) is 0 Å². The minimum absolute atomic E-state index is 0.371. The van der Waals surface area contributed by atoms with E-state index >= 15 is 0 Å². The van der Waals surface area contributed by atoms with Gasteiger partial charge in [-0.25, -0.2) is 0 Å². The number of nitrogens with zero attached hydrogens (tertiary/aromatic N) is 2. The summed E-state index contributed by atoms with van der Waals surface area (Å²) >= 11 is 0. The van der Waals surface area contributed by atoms with Crippen molar-refractivity contribution in [3.8, 4) is 33.6 Å². The van der Waals surface area contributed by atoms with Gasteiger partial charge in [0.15, 0.2) is 8.07 Å². The van der Waals surface area contributed by atoms with Gasteiger partial charge in [0.2, 0.25) is 0 Å². The molecule has 10 aromatic carbocycles. The molecule has 1 aliphatic rings. The molecule has 3 heteroatoms. The molecule has 0 spiro atoms. The Morgan fingerprint density at radius 3 is 1.40 bits per heavy atom. The van der Waals surface area contributed by atoms with Gasteiger partial charge in [0.1, 0.15) is 0 Å². The van der Waals surface area contributed by atoms with Crippen molar-refractivity contribution in [2.45, 2.75) is 12.0 Å². The molecule has 1 unspecified atom stereocenters. The normalized spacial score (nSPS) is 13.9. The van der Waals surface area contributed by atoms with Crippen molar-refractivity contribution in [1.82, 2.24) is 9.13 Å². The predicted molar refractivity (Wildman–Crippen MR) is 288 cm³/mol. The summed E-state index contributed by atoms with van der Waals surface area (Å²) in [4.78, 5) is 0. The van der Waals surface area contributed by atoms with E-state index in [1.807, 2.05) is 0 Å². The molecule has 1 aliphatic carbocycles. The van der Waals surface area contributed by atoms with E-state index in [1.165, 1.54) is 104 Å². The van der Waals surface area contributed by atoms with E-state index in [1.54, 1.807) is 0 Å². The van der Waals surface area contributed by atoms with Crippen molar-refractivity contribution in [2.24, 2.45) is 0 Å². The van der Waals surface area contributed by atoms with Crippen LogP contribution in [0.2, 0.25) is 5.54 Å². The second-order valence-corrected chi connectivity index (χ2v) is 22.1. The average Bonchev–Trinajstić information content (AvgIpc) is 3.92. The molecule has 67 heavy (non-hydrogen) atoms. The Bertz CT molecular complexity index is 3850. The van der Waals surface area contributed by atoms with Crippen molar-refractivity contribution in [2.75, 3.05) is 0 Å². The highest BCUT2D eigenvalue weighted by molar-refractivity contribution is 7.12. The SMILES string of the molecule is C1=CCC([Si](c2ccccc2)(c2ccccc2)c2cccc(-n3c4ccccc4c4cc(-c5ccc(-c6ccc7c(c6)c6ccccc6n7-c6ccc7ccccc7c6)cc5)ccc43)c2)C=C1. The molecule has 0 bridgehead atoms. The lowest BCUT2D eigenvalue weighted by atomic mass is 9.98. The van der Waals surface area contributed by atoms with Gasteiger partial charge in [-0.05, 0) is 121 Å². The molecule has 0 aliphatic heterocycles. The van der Waals surface area contributed by atoms with Gasteiger partial charge in [-0.2, -0.15) is 0 Å². The van der Waals surface area contributed by atoms with Gasteiger partial charge in [0.05, 0.1) is 22.1 Å². The van der Waals surface area contributed by atoms with Gasteiger partial charge in [-0.15, -0.1) is 0 Å². The molecule has 0 N–H and O–H groups in total. The first-order valence-corrected chi connectivity index (χ1v) is 25.5. The zero-order chi connectivity index (χ0) is 44.3. The summed E-state index contributed by atoms with van der Waals surface area (Å²) in [5, 5.41) is 11.8. The Balaban J connectivity index is 0.888. The third-order valence-corrected chi connectivity index (χ3v) is 19.7. The van der Waals surface area contributed by atoms with Crippen molar-refractivity contribution in [3.63, 3.8) is 0 Å². The van der Waals surface area contributed by atoms with Crippen LogP contribution in [0.3, 0.4) is 0 Å². The molecule has 0 saturated heterocycles. The third-order valence-electron chi connectivity index (χ3n) is 14.4. The molecule has 12 aromatic rings. The molecule has 2 nitrogen and oxygen atoms in total. The van der Waals surface area contributed by atoms with Crippen LogP contribution >= 0.6 is 0 Å². The van der Waals surface area contributed by atoms with Crippen LogP contribution in [0.5, 0.6) is 0 Å². The van der Waals surface area contributed by atoms with Gasteiger partial charge in [-0.3, -0.25) is 0 Å². The molecule has 0 fully saturated rings. The molecular weight excluding hydrogens is 825 g/mol. The van der Waals surface area contributed by atoms with Gasteiger partial charge in [0, 0.05) is 32.9 Å². The Kier molecular flexibility index (Phi) is 9.36. The van der Waals surface area contributed by atoms with E-state index in [0.29, 0.717) is 5.54 Å². The third kappa shape index (κ3) is 6.38. The highest BCUT2D eigenvalue weighted by atomic mass is 28.3. The number of hydrogen-bond donors (Lipinski definition) is 0. The van der Waals surface area contributed by atoms with Crippen LogP contribution in [-0.4, -0.2) is 17.2 Å². The quantitative estimate of drug-likeness (QED) is 0.106. The fraction of sp³-hybridized carbons (Fsp3) is 0.0312. The molecule has 2 aromatic heterocycles. The highest BCUT2D eigenvalue weighted by Gasteiger charge is 2.45. The summed E-state index contributed by atoms with van der Waals surface area (Å²) in [6.45, 7) is 0. The first-order valence-electron chi connectivity index (χ1n) is 23.4. The minimum atomic E-state index is -2.58. The lowest BCUT2D eigenvalue weighted by Crippen LogP contribution is -2.69. The Labute approximate surface area is 391 Å².